The van der Waals surface area contributed by atoms with Crippen molar-refractivity contribution in [2.75, 3.05) is 18.4 Å². The van der Waals surface area contributed by atoms with Crippen LogP contribution in [0.15, 0.2) is 54.6 Å². The summed E-state index contributed by atoms with van der Waals surface area (Å²) in [5.41, 5.74) is 3.13. The van der Waals surface area contributed by atoms with E-state index in [1.54, 1.807) is 0 Å². The zero-order valence-corrected chi connectivity index (χ0v) is 13.4. The molecule has 1 atom stereocenters. The molecular formula is C19H22N2O2. The highest BCUT2D eigenvalue weighted by molar-refractivity contribution is 5.89. The zero-order chi connectivity index (χ0) is 16.1. The van der Waals surface area contributed by atoms with Crippen molar-refractivity contribution >= 4 is 11.7 Å². The number of amides is 2. The second kappa shape index (κ2) is 7.29. The van der Waals surface area contributed by atoms with E-state index in [1.807, 2.05) is 54.3 Å². The number of aryl methyl sites for hydroxylation is 1. The van der Waals surface area contributed by atoms with E-state index in [0.717, 1.165) is 29.8 Å². The van der Waals surface area contributed by atoms with Gasteiger partial charge in [0.15, 0.2) is 0 Å². The molecule has 120 valence electrons. The van der Waals surface area contributed by atoms with Gasteiger partial charge in [-0.05, 0) is 36.6 Å². The fourth-order valence-corrected chi connectivity index (χ4v) is 2.76. The van der Waals surface area contributed by atoms with Gasteiger partial charge in [-0.2, -0.15) is 0 Å². The number of nitrogens with one attached hydrogen (secondary N) is 1. The molecule has 0 radical (unpaired) electrons. The number of anilines is 1. The molecular weight excluding hydrogens is 288 g/mol. The van der Waals surface area contributed by atoms with E-state index in [4.69, 9.17) is 4.74 Å². The normalized spacial score (nSPS) is 17.3. The van der Waals surface area contributed by atoms with Crippen molar-refractivity contribution < 1.29 is 9.53 Å². The average Bonchev–Trinajstić information content (AvgIpc) is 3.03. The monoisotopic (exact) mass is 310 g/mol. The molecule has 0 aliphatic carbocycles. The fourth-order valence-electron chi connectivity index (χ4n) is 2.76. The van der Waals surface area contributed by atoms with Crippen molar-refractivity contribution in [3.63, 3.8) is 0 Å². The third-order valence-electron chi connectivity index (χ3n) is 4.03. The predicted molar refractivity (Wildman–Crippen MR) is 91.4 cm³/mol. The first-order valence-corrected chi connectivity index (χ1v) is 7.99. The van der Waals surface area contributed by atoms with Gasteiger partial charge in [-0.25, -0.2) is 4.79 Å². The summed E-state index contributed by atoms with van der Waals surface area (Å²) in [5, 5.41) is 2.95. The molecule has 1 heterocycles. The lowest BCUT2D eigenvalue weighted by molar-refractivity contribution is 0.0491. The second-order valence-electron chi connectivity index (χ2n) is 5.95. The van der Waals surface area contributed by atoms with E-state index in [1.165, 1.54) is 0 Å². The Kier molecular flexibility index (Phi) is 4.93. The molecule has 1 aliphatic heterocycles. The topological polar surface area (TPSA) is 41.6 Å². The summed E-state index contributed by atoms with van der Waals surface area (Å²) >= 11 is 0. The molecule has 4 heteroatoms. The van der Waals surface area contributed by atoms with Gasteiger partial charge in [-0.3, -0.25) is 0 Å². The zero-order valence-electron chi connectivity index (χ0n) is 13.4. The van der Waals surface area contributed by atoms with Crippen LogP contribution in [0, 0.1) is 6.92 Å². The molecule has 1 aliphatic rings. The van der Waals surface area contributed by atoms with Crippen molar-refractivity contribution in [3.8, 4) is 0 Å². The van der Waals surface area contributed by atoms with Gasteiger partial charge in [0.1, 0.15) is 0 Å². The number of likely N-dealkylation sites (tertiary alicyclic amines) is 1. The van der Waals surface area contributed by atoms with E-state index in [-0.39, 0.29) is 12.1 Å². The molecule has 1 unspecified atom stereocenters. The van der Waals surface area contributed by atoms with Crippen LogP contribution in [0.4, 0.5) is 10.5 Å². The molecule has 1 saturated heterocycles. The highest BCUT2D eigenvalue weighted by Gasteiger charge is 2.26. The maximum Gasteiger partial charge on any atom is 0.321 e. The van der Waals surface area contributed by atoms with Gasteiger partial charge in [0.25, 0.3) is 0 Å². The number of ether oxygens (including phenoxy) is 1. The summed E-state index contributed by atoms with van der Waals surface area (Å²) in [6.07, 6.45) is 0.993. The Hall–Kier alpha value is -2.33. The van der Waals surface area contributed by atoms with Crippen LogP contribution in [0.25, 0.3) is 0 Å². The van der Waals surface area contributed by atoms with Gasteiger partial charge in [0.2, 0.25) is 0 Å². The average molecular weight is 310 g/mol. The van der Waals surface area contributed by atoms with Gasteiger partial charge in [0, 0.05) is 18.8 Å². The summed E-state index contributed by atoms with van der Waals surface area (Å²) in [5.74, 6) is 0. The Morgan fingerprint density at radius 3 is 2.83 bits per heavy atom. The minimum atomic E-state index is -0.0542. The molecule has 0 saturated carbocycles. The first-order chi connectivity index (χ1) is 11.2. The molecule has 0 spiro atoms. The van der Waals surface area contributed by atoms with E-state index < -0.39 is 0 Å². The lowest BCUT2D eigenvalue weighted by Gasteiger charge is -2.18. The minimum absolute atomic E-state index is 0.0542. The van der Waals surface area contributed by atoms with E-state index in [2.05, 4.69) is 17.4 Å². The van der Waals surface area contributed by atoms with Crippen LogP contribution >= 0.6 is 0 Å². The maximum atomic E-state index is 12.3. The van der Waals surface area contributed by atoms with E-state index in [9.17, 15) is 4.79 Å². The SMILES string of the molecule is Cc1cccc(NC(=O)N2CCC(OCc3ccccc3)C2)c1. The molecule has 4 nitrogen and oxygen atoms in total. The van der Waals surface area contributed by atoms with Crippen LogP contribution in [-0.4, -0.2) is 30.1 Å². The number of urea groups is 1. The molecule has 1 fully saturated rings. The molecule has 3 rings (SSSR count). The number of benzene rings is 2. The third kappa shape index (κ3) is 4.33. The van der Waals surface area contributed by atoms with Crippen LogP contribution in [0.1, 0.15) is 17.5 Å². The molecule has 0 bridgehead atoms. The molecule has 23 heavy (non-hydrogen) atoms. The number of rotatable bonds is 4. The van der Waals surface area contributed by atoms with Crippen molar-refractivity contribution in [1.82, 2.24) is 4.90 Å². The molecule has 1 N–H and O–H groups in total. The Morgan fingerprint density at radius 2 is 2.04 bits per heavy atom. The second-order valence-corrected chi connectivity index (χ2v) is 5.95. The van der Waals surface area contributed by atoms with Crippen LogP contribution in [-0.2, 0) is 11.3 Å². The predicted octanol–water partition coefficient (Wildman–Crippen LogP) is 3.82. The maximum absolute atomic E-state index is 12.3. The smallest absolute Gasteiger partial charge is 0.321 e. The van der Waals surface area contributed by atoms with E-state index >= 15 is 0 Å². The lowest BCUT2D eigenvalue weighted by Crippen LogP contribution is -2.34. The van der Waals surface area contributed by atoms with Gasteiger partial charge in [-0.15, -0.1) is 0 Å². The number of nitrogens with zero attached hydrogens (tertiary/aromatic N) is 1. The van der Waals surface area contributed by atoms with Crippen molar-refractivity contribution in [1.29, 1.82) is 0 Å². The van der Waals surface area contributed by atoms with Gasteiger partial charge in [-0.1, -0.05) is 42.5 Å². The fraction of sp³-hybridized carbons (Fsp3) is 0.316. The summed E-state index contributed by atoms with van der Waals surface area (Å²) in [7, 11) is 0. The van der Waals surface area contributed by atoms with Crippen molar-refractivity contribution in [2.45, 2.75) is 26.1 Å². The molecule has 2 aromatic carbocycles. The minimum Gasteiger partial charge on any atom is -0.372 e. The third-order valence-corrected chi connectivity index (χ3v) is 4.03. The standard InChI is InChI=1S/C19H22N2O2/c1-15-6-5-9-17(12-15)20-19(22)21-11-10-18(13-21)23-14-16-7-3-2-4-8-16/h2-9,12,18H,10-11,13-14H2,1H3,(H,20,22). The molecule has 2 aromatic rings. The van der Waals surface area contributed by atoms with Crippen LogP contribution in [0.3, 0.4) is 0 Å². The first-order valence-electron chi connectivity index (χ1n) is 7.99. The summed E-state index contributed by atoms with van der Waals surface area (Å²) in [4.78, 5) is 14.1. The van der Waals surface area contributed by atoms with Crippen LogP contribution < -0.4 is 5.32 Å². The molecule has 0 aromatic heterocycles. The van der Waals surface area contributed by atoms with Gasteiger partial charge in [0.05, 0.1) is 12.7 Å². The number of hydrogen-bond donors (Lipinski definition) is 1. The van der Waals surface area contributed by atoms with Crippen LogP contribution in [0.2, 0.25) is 0 Å². The van der Waals surface area contributed by atoms with Crippen LogP contribution in [0.5, 0.6) is 0 Å². The highest BCUT2D eigenvalue weighted by Crippen LogP contribution is 2.17. The number of carbonyl (C=O) groups excluding carboxylic acids is 1. The van der Waals surface area contributed by atoms with Gasteiger partial charge < -0.3 is 15.0 Å². The Bertz CT molecular complexity index is 657. The largest absolute Gasteiger partial charge is 0.372 e. The van der Waals surface area contributed by atoms with E-state index in [0.29, 0.717) is 13.2 Å². The molecule has 2 amide bonds. The Morgan fingerprint density at radius 1 is 1.22 bits per heavy atom. The Balaban J connectivity index is 1.48. The quantitative estimate of drug-likeness (QED) is 0.933. The van der Waals surface area contributed by atoms with Crippen molar-refractivity contribution in [3.05, 3.63) is 65.7 Å². The first kappa shape index (κ1) is 15.6. The highest BCUT2D eigenvalue weighted by atomic mass is 16.5. The lowest BCUT2D eigenvalue weighted by atomic mass is 10.2. The summed E-state index contributed by atoms with van der Waals surface area (Å²) in [6, 6.07) is 17.9. The number of carbonyl (C=O) groups is 1. The van der Waals surface area contributed by atoms with Gasteiger partial charge >= 0.3 is 6.03 Å². The number of hydrogen-bond acceptors (Lipinski definition) is 2. The van der Waals surface area contributed by atoms with Crippen molar-refractivity contribution in [2.24, 2.45) is 0 Å². The summed E-state index contributed by atoms with van der Waals surface area (Å²) in [6.45, 7) is 3.99. The Labute approximate surface area is 137 Å². The summed E-state index contributed by atoms with van der Waals surface area (Å²) < 4.78 is 5.92.